The second-order valence-electron chi connectivity index (χ2n) is 13.1. The highest BCUT2D eigenvalue weighted by atomic mass is 19.4. The number of rotatable bonds is 5. The van der Waals surface area contributed by atoms with E-state index in [4.69, 9.17) is 8.83 Å². The molecule has 4 nitrogen and oxygen atoms in total. The van der Waals surface area contributed by atoms with Crippen LogP contribution in [0.3, 0.4) is 0 Å². The van der Waals surface area contributed by atoms with Crippen molar-refractivity contribution in [3.8, 4) is 11.5 Å². The number of halogens is 12. The van der Waals surface area contributed by atoms with Crippen molar-refractivity contribution in [2.45, 2.75) is 61.7 Å². The van der Waals surface area contributed by atoms with Crippen LogP contribution >= 0.6 is 0 Å². The van der Waals surface area contributed by atoms with Gasteiger partial charge in [0.2, 0.25) is 22.6 Å². The number of fused-ring (bicyclic) bond motifs is 2. The molecule has 0 atom stereocenters. The maximum Gasteiger partial charge on any atom is 0.411 e. The lowest BCUT2D eigenvalue weighted by Gasteiger charge is -2.38. The van der Waals surface area contributed by atoms with E-state index in [0.29, 0.717) is 48.5 Å². The first-order chi connectivity index (χ1) is 23.9. The summed E-state index contributed by atoms with van der Waals surface area (Å²) in [4.78, 5) is 8.08. The van der Waals surface area contributed by atoms with Gasteiger partial charge in [0, 0.05) is 11.0 Å². The minimum absolute atomic E-state index is 0.0407. The van der Waals surface area contributed by atoms with Crippen LogP contribution in [-0.2, 0) is 16.2 Å². The molecule has 0 fully saturated rings. The maximum absolute atomic E-state index is 15.0. The summed E-state index contributed by atoms with van der Waals surface area (Å²) in [6.45, 7) is 5.06. The Morgan fingerprint density at radius 2 is 0.846 bits per heavy atom. The van der Waals surface area contributed by atoms with E-state index in [1.165, 1.54) is 6.07 Å². The van der Waals surface area contributed by atoms with Gasteiger partial charge in [-0.05, 0) is 58.7 Å². The molecule has 0 radical (unpaired) electrons. The van der Waals surface area contributed by atoms with E-state index in [2.05, 4.69) is 9.97 Å². The summed E-state index contributed by atoms with van der Waals surface area (Å²) in [5.74, 6) is -0.414. The first-order valence-electron chi connectivity index (χ1n) is 15.2. The third-order valence-corrected chi connectivity index (χ3v) is 8.76. The third kappa shape index (κ3) is 5.57. The van der Waals surface area contributed by atoms with Gasteiger partial charge in [0.1, 0.15) is 11.0 Å². The molecular weight excluding hydrogens is 720 g/mol. The van der Waals surface area contributed by atoms with Crippen LogP contribution in [0.15, 0.2) is 99.8 Å². The van der Waals surface area contributed by atoms with E-state index in [9.17, 15) is 52.7 Å². The van der Waals surface area contributed by atoms with Gasteiger partial charge in [-0.1, -0.05) is 75.4 Å². The summed E-state index contributed by atoms with van der Waals surface area (Å²) in [5, 5.41) is 0. The SMILES string of the molecule is CC(C)(C)c1nc2cc(C(c3ccc4oc(-c5ccc(C(c6ccccc6)(C(F)(F)F)C(F)(F)F)cc5)nc4c3)(C(F)(F)F)C(F)(F)F)ccc2o1. The Kier molecular flexibility index (Phi) is 8.31. The quantitative estimate of drug-likeness (QED) is 0.165. The molecule has 0 amide bonds. The van der Waals surface area contributed by atoms with Gasteiger partial charge in [-0.25, -0.2) is 9.97 Å². The molecule has 52 heavy (non-hydrogen) atoms. The summed E-state index contributed by atoms with van der Waals surface area (Å²) in [6, 6.07) is 11.5. The lowest BCUT2D eigenvalue weighted by Crippen LogP contribution is -2.54. The number of aromatic nitrogens is 2. The Bertz CT molecular complexity index is 2210. The summed E-state index contributed by atoms with van der Waals surface area (Å²) in [6.07, 6.45) is -23.7. The van der Waals surface area contributed by atoms with Crippen molar-refractivity contribution >= 4 is 22.2 Å². The van der Waals surface area contributed by atoms with E-state index < -0.39 is 74.6 Å². The van der Waals surface area contributed by atoms with Crippen LogP contribution in [0.5, 0.6) is 0 Å². The number of benzene rings is 4. The van der Waals surface area contributed by atoms with Crippen LogP contribution in [0.4, 0.5) is 52.7 Å². The third-order valence-electron chi connectivity index (χ3n) is 8.76. The summed E-state index contributed by atoms with van der Waals surface area (Å²) < 4.78 is 187. The molecule has 2 heterocycles. The van der Waals surface area contributed by atoms with Crippen molar-refractivity contribution in [1.29, 1.82) is 0 Å². The van der Waals surface area contributed by atoms with Gasteiger partial charge in [0.15, 0.2) is 11.2 Å². The summed E-state index contributed by atoms with van der Waals surface area (Å²) >= 11 is 0. The Morgan fingerprint density at radius 1 is 0.442 bits per heavy atom. The van der Waals surface area contributed by atoms with E-state index in [1.54, 1.807) is 20.8 Å². The lowest BCUT2D eigenvalue weighted by atomic mass is 9.72. The van der Waals surface area contributed by atoms with Crippen molar-refractivity contribution in [2.24, 2.45) is 0 Å². The molecule has 0 spiro atoms. The van der Waals surface area contributed by atoms with E-state index in [-0.39, 0.29) is 28.1 Å². The van der Waals surface area contributed by atoms with Crippen molar-refractivity contribution in [1.82, 2.24) is 9.97 Å². The zero-order chi connectivity index (χ0) is 38.3. The predicted octanol–water partition coefficient (Wildman–Crippen LogP) is 11.8. The van der Waals surface area contributed by atoms with Gasteiger partial charge < -0.3 is 8.83 Å². The van der Waals surface area contributed by atoms with Crippen LogP contribution < -0.4 is 0 Å². The molecule has 4 aromatic carbocycles. The zero-order valence-corrected chi connectivity index (χ0v) is 26.9. The molecule has 0 aliphatic rings. The minimum Gasteiger partial charge on any atom is -0.440 e. The van der Waals surface area contributed by atoms with E-state index >= 15 is 0 Å². The highest BCUT2D eigenvalue weighted by Gasteiger charge is 2.73. The summed E-state index contributed by atoms with van der Waals surface area (Å²) in [5.41, 5.74) is -15.9. The molecule has 274 valence electrons. The normalized spacial score (nSPS) is 14.1. The molecular formula is C36H24F12N2O2. The Balaban J connectivity index is 1.48. The number of nitrogens with zero attached hydrogens (tertiary/aromatic N) is 2. The van der Waals surface area contributed by atoms with Crippen LogP contribution in [0.2, 0.25) is 0 Å². The second-order valence-corrected chi connectivity index (χ2v) is 13.1. The van der Waals surface area contributed by atoms with Crippen LogP contribution in [0.1, 0.15) is 48.9 Å². The van der Waals surface area contributed by atoms with E-state index in [0.717, 1.165) is 36.4 Å². The first-order valence-corrected chi connectivity index (χ1v) is 15.2. The standard InChI is InChI=1S/C36H24F12N2O2/c1-30(2,3)29-50-25-18-23(14-16-27(25)52-29)32(35(43,44)45,36(46,47)48)22-13-15-26-24(17-22)49-28(51-26)19-9-11-21(12-10-19)31(33(37,38)39,34(40,41)42)20-7-5-4-6-8-20/h4-18H,1-3H3. The Labute approximate surface area is 286 Å². The zero-order valence-electron chi connectivity index (χ0n) is 26.9. The molecule has 0 saturated carbocycles. The number of alkyl halides is 12. The average Bonchev–Trinajstić information content (AvgIpc) is 3.64. The van der Waals surface area contributed by atoms with Crippen molar-refractivity contribution in [2.75, 3.05) is 0 Å². The van der Waals surface area contributed by atoms with Gasteiger partial charge in [-0.2, -0.15) is 52.7 Å². The van der Waals surface area contributed by atoms with Crippen molar-refractivity contribution < 1.29 is 61.5 Å². The van der Waals surface area contributed by atoms with Gasteiger partial charge in [-0.3, -0.25) is 0 Å². The smallest absolute Gasteiger partial charge is 0.411 e. The molecule has 0 saturated heterocycles. The molecule has 0 unspecified atom stereocenters. The van der Waals surface area contributed by atoms with Crippen LogP contribution in [0.25, 0.3) is 33.7 Å². The average molecular weight is 745 g/mol. The maximum atomic E-state index is 15.0. The fourth-order valence-corrected chi connectivity index (χ4v) is 6.28. The van der Waals surface area contributed by atoms with Crippen molar-refractivity contribution in [3.05, 3.63) is 119 Å². The minimum atomic E-state index is -5.98. The first kappa shape index (κ1) is 36.8. The van der Waals surface area contributed by atoms with Gasteiger partial charge in [-0.15, -0.1) is 0 Å². The molecule has 0 N–H and O–H groups in total. The van der Waals surface area contributed by atoms with Crippen LogP contribution in [0, 0.1) is 0 Å². The highest BCUT2D eigenvalue weighted by molar-refractivity contribution is 5.79. The Morgan fingerprint density at radius 3 is 1.31 bits per heavy atom. The fourth-order valence-electron chi connectivity index (χ4n) is 6.28. The van der Waals surface area contributed by atoms with Gasteiger partial charge in [0.25, 0.3) is 0 Å². The number of hydrogen-bond donors (Lipinski definition) is 0. The monoisotopic (exact) mass is 744 g/mol. The lowest BCUT2D eigenvalue weighted by molar-refractivity contribution is -0.290. The number of oxazole rings is 2. The number of hydrogen-bond acceptors (Lipinski definition) is 4. The molecule has 16 heteroatoms. The molecule has 0 aliphatic heterocycles. The molecule has 6 aromatic rings. The topological polar surface area (TPSA) is 52.1 Å². The van der Waals surface area contributed by atoms with Crippen molar-refractivity contribution in [3.63, 3.8) is 0 Å². The van der Waals surface area contributed by atoms with Gasteiger partial charge in [0.05, 0.1) is 0 Å². The predicted molar refractivity (Wildman–Crippen MR) is 164 cm³/mol. The molecule has 0 aliphatic carbocycles. The largest absolute Gasteiger partial charge is 0.440 e. The Hall–Kier alpha value is -5.02. The summed E-state index contributed by atoms with van der Waals surface area (Å²) in [7, 11) is 0. The fraction of sp³-hybridized carbons (Fsp3) is 0.278. The van der Waals surface area contributed by atoms with Crippen LogP contribution in [-0.4, -0.2) is 34.7 Å². The molecule has 0 bridgehead atoms. The van der Waals surface area contributed by atoms with Gasteiger partial charge >= 0.3 is 24.7 Å². The second kappa shape index (κ2) is 11.7. The van der Waals surface area contributed by atoms with E-state index in [1.807, 2.05) is 0 Å². The molecule has 2 aromatic heterocycles. The highest BCUT2D eigenvalue weighted by Crippen LogP contribution is 2.58. The molecule has 6 rings (SSSR count).